The van der Waals surface area contributed by atoms with E-state index < -0.39 is 5.97 Å². The third-order valence-corrected chi connectivity index (χ3v) is 3.55. The summed E-state index contributed by atoms with van der Waals surface area (Å²) in [6.45, 7) is 0.446. The van der Waals surface area contributed by atoms with Crippen LogP contribution in [-0.4, -0.2) is 66.5 Å². The third kappa shape index (κ3) is 4.48. The van der Waals surface area contributed by atoms with Crippen molar-refractivity contribution in [2.75, 3.05) is 39.4 Å². The average molecular weight is 364 g/mol. The zero-order valence-electron chi connectivity index (χ0n) is 14.7. The Kier molecular flexibility index (Phi) is 6.50. The number of hydrogen-bond acceptors (Lipinski definition) is 7. The van der Waals surface area contributed by atoms with Crippen molar-refractivity contribution < 1.29 is 28.9 Å². The molecule has 0 spiro atoms. The summed E-state index contributed by atoms with van der Waals surface area (Å²) in [6.07, 6.45) is 1.20. The summed E-state index contributed by atoms with van der Waals surface area (Å²) in [5.41, 5.74) is 0.357. The van der Waals surface area contributed by atoms with Crippen LogP contribution in [0.5, 0.6) is 11.5 Å². The van der Waals surface area contributed by atoms with Crippen molar-refractivity contribution in [3.63, 3.8) is 0 Å². The van der Waals surface area contributed by atoms with Gasteiger partial charge in [-0.15, -0.1) is 5.10 Å². The molecule has 0 aliphatic heterocycles. The van der Waals surface area contributed by atoms with Gasteiger partial charge in [-0.2, -0.15) is 0 Å². The van der Waals surface area contributed by atoms with Gasteiger partial charge in [-0.3, -0.25) is 4.79 Å². The van der Waals surface area contributed by atoms with Gasteiger partial charge >= 0.3 is 5.97 Å². The Morgan fingerprint density at radius 2 is 1.92 bits per heavy atom. The molecule has 0 saturated heterocycles. The van der Waals surface area contributed by atoms with E-state index in [1.165, 1.54) is 37.1 Å². The fraction of sp³-hybridized carbons (Fsp3) is 0.375. The van der Waals surface area contributed by atoms with Gasteiger partial charge in [0.2, 0.25) is 5.91 Å². The summed E-state index contributed by atoms with van der Waals surface area (Å²) in [6, 6.07) is 5.09. The number of aromatic nitrogens is 3. The molecule has 10 heteroatoms. The van der Waals surface area contributed by atoms with Gasteiger partial charge in [-0.1, -0.05) is 5.21 Å². The molecule has 26 heavy (non-hydrogen) atoms. The SMILES string of the molecule is COCCN(C(=O)Cn1cc(C(=O)O)nn1)c1ccc(OC)c(OC)c1. The van der Waals surface area contributed by atoms with E-state index in [2.05, 4.69) is 10.3 Å². The maximum atomic E-state index is 12.7. The molecular formula is C16H20N4O6. The molecule has 2 aromatic rings. The predicted molar refractivity (Wildman–Crippen MR) is 90.8 cm³/mol. The maximum absolute atomic E-state index is 12.7. The predicted octanol–water partition coefficient (Wildman–Crippen LogP) is 0.673. The lowest BCUT2D eigenvalue weighted by Crippen LogP contribution is -2.36. The molecule has 1 N–H and O–H groups in total. The number of rotatable bonds is 9. The van der Waals surface area contributed by atoms with Crippen molar-refractivity contribution in [3.8, 4) is 11.5 Å². The minimum Gasteiger partial charge on any atom is -0.493 e. The largest absolute Gasteiger partial charge is 0.493 e. The fourth-order valence-electron chi connectivity index (χ4n) is 2.27. The summed E-state index contributed by atoms with van der Waals surface area (Å²) in [4.78, 5) is 25.1. The highest BCUT2D eigenvalue weighted by molar-refractivity contribution is 5.93. The van der Waals surface area contributed by atoms with Gasteiger partial charge in [0.05, 0.1) is 27.0 Å². The van der Waals surface area contributed by atoms with E-state index in [-0.39, 0.29) is 18.1 Å². The Balaban J connectivity index is 2.25. The van der Waals surface area contributed by atoms with E-state index >= 15 is 0 Å². The molecule has 0 aliphatic rings. The number of carbonyl (C=O) groups excluding carboxylic acids is 1. The van der Waals surface area contributed by atoms with Crippen molar-refractivity contribution in [1.82, 2.24) is 15.0 Å². The highest BCUT2D eigenvalue weighted by atomic mass is 16.5. The molecule has 0 atom stereocenters. The zero-order valence-corrected chi connectivity index (χ0v) is 14.7. The van der Waals surface area contributed by atoms with Crippen LogP contribution in [0, 0.1) is 0 Å². The van der Waals surface area contributed by atoms with Crippen molar-refractivity contribution in [3.05, 3.63) is 30.1 Å². The first-order chi connectivity index (χ1) is 12.5. The molecule has 1 aromatic heterocycles. The smallest absolute Gasteiger partial charge is 0.358 e. The lowest BCUT2D eigenvalue weighted by Gasteiger charge is -2.23. The second kappa shape index (κ2) is 8.81. The number of methoxy groups -OCH3 is 3. The lowest BCUT2D eigenvalue weighted by molar-refractivity contribution is -0.119. The van der Waals surface area contributed by atoms with Crippen molar-refractivity contribution >= 4 is 17.6 Å². The molecule has 0 saturated carbocycles. The molecule has 0 radical (unpaired) electrons. The Hall–Kier alpha value is -3.14. The van der Waals surface area contributed by atoms with E-state index in [9.17, 15) is 9.59 Å². The summed E-state index contributed by atoms with van der Waals surface area (Å²) in [7, 11) is 4.57. The quantitative estimate of drug-likeness (QED) is 0.690. The second-order valence-electron chi connectivity index (χ2n) is 5.18. The topological polar surface area (TPSA) is 116 Å². The molecular weight excluding hydrogens is 344 g/mol. The first-order valence-electron chi connectivity index (χ1n) is 7.65. The van der Waals surface area contributed by atoms with E-state index in [1.807, 2.05) is 0 Å². The Morgan fingerprint density at radius 3 is 2.50 bits per heavy atom. The van der Waals surface area contributed by atoms with Crippen molar-refractivity contribution in [1.29, 1.82) is 0 Å². The van der Waals surface area contributed by atoms with Gasteiger partial charge < -0.3 is 24.2 Å². The number of benzene rings is 1. The lowest BCUT2D eigenvalue weighted by atomic mass is 10.2. The average Bonchev–Trinajstić information content (AvgIpc) is 3.10. The van der Waals surface area contributed by atoms with E-state index in [0.29, 0.717) is 30.3 Å². The van der Waals surface area contributed by atoms with Crippen LogP contribution in [0.15, 0.2) is 24.4 Å². The molecule has 10 nitrogen and oxygen atoms in total. The highest BCUT2D eigenvalue weighted by Gasteiger charge is 2.19. The molecule has 2 rings (SSSR count). The number of nitrogens with zero attached hydrogens (tertiary/aromatic N) is 4. The number of amides is 1. The molecule has 1 aromatic carbocycles. The summed E-state index contributed by atoms with van der Waals surface area (Å²) >= 11 is 0. The monoisotopic (exact) mass is 364 g/mol. The van der Waals surface area contributed by atoms with Crippen molar-refractivity contribution in [2.24, 2.45) is 0 Å². The molecule has 0 fully saturated rings. The van der Waals surface area contributed by atoms with Crippen LogP contribution in [0.3, 0.4) is 0 Å². The third-order valence-electron chi connectivity index (χ3n) is 3.55. The summed E-state index contributed by atoms with van der Waals surface area (Å²) in [5, 5.41) is 16.0. The highest BCUT2D eigenvalue weighted by Crippen LogP contribution is 2.31. The summed E-state index contributed by atoms with van der Waals surface area (Å²) in [5.74, 6) is -0.497. The van der Waals surface area contributed by atoms with Gasteiger partial charge in [0.15, 0.2) is 17.2 Å². The van der Waals surface area contributed by atoms with E-state index in [0.717, 1.165) is 0 Å². The molecule has 0 aliphatic carbocycles. The van der Waals surface area contributed by atoms with Crippen LogP contribution in [0.1, 0.15) is 10.5 Å². The first kappa shape index (κ1) is 19.2. The number of hydrogen-bond donors (Lipinski definition) is 1. The van der Waals surface area contributed by atoms with Crippen LogP contribution < -0.4 is 14.4 Å². The van der Waals surface area contributed by atoms with Crippen molar-refractivity contribution in [2.45, 2.75) is 6.54 Å². The van der Waals surface area contributed by atoms with Crippen LogP contribution in [0.2, 0.25) is 0 Å². The summed E-state index contributed by atoms with van der Waals surface area (Å²) < 4.78 is 16.7. The number of ether oxygens (including phenoxy) is 3. The molecule has 140 valence electrons. The fourth-order valence-corrected chi connectivity index (χ4v) is 2.27. The number of carboxylic acid groups (broad SMARTS) is 1. The normalized spacial score (nSPS) is 10.4. The minimum absolute atomic E-state index is 0.168. The Bertz CT molecular complexity index is 776. The van der Waals surface area contributed by atoms with E-state index in [1.54, 1.807) is 18.2 Å². The second-order valence-corrected chi connectivity index (χ2v) is 5.18. The molecule has 0 bridgehead atoms. The van der Waals surface area contributed by atoms with Gasteiger partial charge in [0.25, 0.3) is 0 Å². The Labute approximate surface area is 149 Å². The zero-order chi connectivity index (χ0) is 19.1. The van der Waals surface area contributed by atoms with Crippen LogP contribution in [-0.2, 0) is 16.1 Å². The molecule has 1 heterocycles. The van der Waals surface area contributed by atoms with Gasteiger partial charge in [-0.25, -0.2) is 9.48 Å². The van der Waals surface area contributed by atoms with Gasteiger partial charge in [0.1, 0.15) is 6.54 Å². The number of anilines is 1. The van der Waals surface area contributed by atoms with Crippen LogP contribution in [0.4, 0.5) is 5.69 Å². The maximum Gasteiger partial charge on any atom is 0.358 e. The first-order valence-corrected chi connectivity index (χ1v) is 7.65. The van der Waals surface area contributed by atoms with Crippen LogP contribution in [0.25, 0.3) is 0 Å². The minimum atomic E-state index is -1.21. The number of aromatic carboxylic acids is 1. The standard InChI is InChI=1S/C16H20N4O6/c1-24-7-6-20(11-4-5-13(25-2)14(8-11)26-3)15(21)10-19-9-12(16(22)23)17-18-19/h4-5,8-9H,6-7,10H2,1-3H3,(H,22,23). The molecule has 0 unspecified atom stereocenters. The number of carboxylic acids is 1. The molecule has 1 amide bonds. The van der Waals surface area contributed by atoms with Crippen LogP contribution >= 0.6 is 0 Å². The van der Waals surface area contributed by atoms with Gasteiger partial charge in [-0.05, 0) is 12.1 Å². The Morgan fingerprint density at radius 1 is 1.19 bits per heavy atom. The van der Waals surface area contributed by atoms with Gasteiger partial charge in [0, 0.05) is 25.4 Å². The van der Waals surface area contributed by atoms with E-state index in [4.69, 9.17) is 19.3 Å². The number of carbonyl (C=O) groups is 2.